The Morgan fingerprint density at radius 2 is 1.14 bits per heavy atom. The van der Waals surface area contributed by atoms with Gasteiger partial charge < -0.3 is 58.9 Å². The maximum Gasteiger partial charge on any atom is 3.00 e. The van der Waals surface area contributed by atoms with Crippen molar-refractivity contribution in [1.29, 1.82) is 0 Å². The first-order valence-electron chi connectivity index (χ1n) is 16.4. The predicted molar refractivity (Wildman–Crippen MR) is 167 cm³/mol. The van der Waals surface area contributed by atoms with Crippen LogP contribution in [-0.2, 0) is 39.8 Å². The van der Waals surface area contributed by atoms with Gasteiger partial charge in [0.05, 0.1) is 63.6 Å². The van der Waals surface area contributed by atoms with E-state index in [1.807, 2.05) is 6.92 Å². The number of carboxylic acids is 4. The van der Waals surface area contributed by atoms with Crippen molar-refractivity contribution in [3.8, 4) is 5.75 Å². The number of hydrogen-bond donors (Lipinski definition) is 2. The number of nitrogens with zero attached hydrogens (tertiary/aromatic N) is 4. The molecule has 50 heavy (non-hydrogen) atoms. The van der Waals surface area contributed by atoms with Crippen LogP contribution < -0.4 is 20.1 Å². The van der Waals surface area contributed by atoms with Crippen molar-refractivity contribution in [3.63, 3.8) is 0 Å². The van der Waals surface area contributed by atoms with Crippen molar-refractivity contribution in [2.45, 2.75) is 25.4 Å². The fourth-order valence-electron chi connectivity index (χ4n) is 5.29. The Morgan fingerprint density at radius 1 is 0.700 bits per heavy atom. The molecule has 0 spiro atoms. The Balaban J connectivity index is 0.0000125. The Hall–Kier alpha value is -2.10. The van der Waals surface area contributed by atoms with Gasteiger partial charge in [-0.3, -0.25) is 24.4 Å². The van der Waals surface area contributed by atoms with E-state index in [-0.39, 0.29) is 98.7 Å². The molecule has 1 fully saturated rings. The maximum absolute atomic E-state index is 12.6. The van der Waals surface area contributed by atoms with Gasteiger partial charge in [0.25, 0.3) is 0 Å². The molecule has 283 valence electrons. The first kappa shape index (κ1) is 45.9. The summed E-state index contributed by atoms with van der Waals surface area (Å²) >= 11 is 0. The van der Waals surface area contributed by atoms with E-state index < -0.39 is 55.7 Å². The van der Waals surface area contributed by atoms with Gasteiger partial charge in [-0.2, -0.15) is 0 Å². The van der Waals surface area contributed by atoms with Gasteiger partial charge in [-0.15, -0.1) is 0 Å². The second kappa shape index (κ2) is 26.6. The molecule has 1 aromatic carbocycles. The smallest absolute Gasteiger partial charge is 0.549 e. The van der Waals surface area contributed by atoms with Crippen molar-refractivity contribution in [1.82, 2.24) is 19.6 Å². The van der Waals surface area contributed by atoms with E-state index in [1.54, 1.807) is 29.2 Å². The monoisotopic (exact) mass is 855 g/mol. The topological polar surface area (TPSA) is 228 Å². The normalized spacial score (nSPS) is 17.1. The van der Waals surface area contributed by atoms with E-state index in [9.17, 15) is 44.7 Å². The van der Waals surface area contributed by atoms with E-state index >= 15 is 0 Å². The summed E-state index contributed by atoms with van der Waals surface area (Å²) in [7, 11) is 0. The molecule has 2 atom stereocenters. The summed E-state index contributed by atoms with van der Waals surface area (Å²) in [5.41, 5.74) is 0.706. The third-order valence-corrected chi connectivity index (χ3v) is 7.93. The summed E-state index contributed by atoms with van der Waals surface area (Å²) < 4.78 is 21.8. The van der Waals surface area contributed by atoms with Crippen LogP contribution in [0.4, 0.5) is 0 Å². The van der Waals surface area contributed by atoms with Crippen LogP contribution in [0.25, 0.3) is 0 Å². The molecule has 0 amide bonds. The SMILES string of the molecule is CCOCCOCCOCCOc1ccc(CC(C(=O)O)N2CCN(CC(=O)[O-])CCN(C(CO)C(=O)[O-])CCN(CC(=O)[O-])CC2)cc1.[Gd+3]. The van der Waals surface area contributed by atoms with Crippen LogP contribution in [0, 0.1) is 39.9 Å². The summed E-state index contributed by atoms with van der Waals surface area (Å²) in [5, 5.41) is 54.6. The van der Waals surface area contributed by atoms with Gasteiger partial charge in [0.2, 0.25) is 0 Å². The zero-order valence-corrected chi connectivity index (χ0v) is 30.7. The largest absolute Gasteiger partial charge is 3.00 e. The molecule has 18 heteroatoms. The second-order valence-electron chi connectivity index (χ2n) is 11.4. The molecule has 17 nitrogen and oxygen atoms in total. The summed E-state index contributed by atoms with van der Waals surface area (Å²) in [5.74, 6) is -4.80. The fourth-order valence-corrected chi connectivity index (χ4v) is 5.29. The van der Waals surface area contributed by atoms with E-state index in [4.69, 9.17) is 18.9 Å². The van der Waals surface area contributed by atoms with E-state index in [2.05, 4.69) is 0 Å². The van der Waals surface area contributed by atoms with Crippen LogP contribution in [0.5, 0.6) is 5.75 Å². The molecule has 1 aliphatic heterocycles. The number of aliphatic carboxylic acids is 4. The molecule has 1 aliphatic rings. The number of hydrogen-bond acceptors (Lipinski definition) is 16. The van der Waals surface area contributed by atoms with Crippen LogP contribution in [0.15, 0.2) is 24.3 Å². The van der Waals surface area contributed by atoms with Crippen LogP contribution in [0.2, 0.25) is 0 Å². The number of aliphatic hydroxyl groups excluding tert-OH is 1. The van der Waals surface area contributed by atoms with Gasteiger partial charge in [0.1, 0.15) is 18.4 Å². The Kier molecular flexibility index (Phi) is 24.5. The summed E-state index contributed by atoms with van der Waals surface area (Å²) in [4.78, 5) is 53.3. The maximum atomic E-state index is 12.6. The molecular weight excluding hydrogens is 806 g/mol. The van der Waals surface area contributed by atoms with Gasteiger partial charge in [0, 0.05) is 72.1 Å². The molecule has 1 saturated heterocycles. The standard InChI is InChI=1S/C32H52N4O13.Gd/c1-2-46-15-16-47-17-18-48-19-20-49-26-5-3-25(4-6-26)21-27(31(42)43)35-11-7-33(22-29(38)39)9-13-36(28(24-37)32(44)45)14-10-34(8-12-35)23-30(40)41;/h3-6,27-28,37H,2,7-24H2,1H3,(H,38,39)(H,40,41)(H,42,43)(H,44,45);/q;+3/p-3. The minimum atomic E-state index is -1.53. The first-order chi connectivity index (χ1) is 23.5. The zero-order valence-electron chi connectivity index (χ0n) is 28.4. The summed E-state index contributed by atoms with van der Waals surface area (Å²) in [6.45, 7) is 3.91. The van der Waals surface area contributed by atoms with Gasteiger partial charge in [-0.25, -0.2) is 0 Å². The number of aliphatic hydroxyl groups is 1. The number of benzene rings is 1. The second-order valence-corrected chi connectivity index (χ2v) is 11.4. The van der Waals surface area contributed by atoms with E-state index in [0.29, 0.717) is 57.6 Å². The molecular formula is C32H49GdN4O13. The summed E-state index contributed by atoms with van der Waals surface area (Å²) in [6, 6.07) is 4.52. The van der Waals surface area contributed by atoms with Crippen LogP contribution in [0.1, 0.15) is 12.5 Å². The van der Waals surface area contributed by atoms with Gasteiger partial charge in [-0.1, -0.05) is 12.1 Å². The molecule has 0 aromatic heterocycles. The fraction of sp³-hybridized carbons (Fsp3) is 0.688. The van der Waals surface area contributed by atoms with Crippen molar-refractivity contribution < 1.29 is 104 Å². The van der Waals surface area contributed by atoms with Gasteiger partial charge >= 0.3 is 45.9 Å². The van der Waals surface area contributed by atoms with Gasteiger partial charge in [0.15, 0.2) is 0 Å². The Bertz CT molecular complexity index is 1100. The molecule has 1 radical (unpaired) electrons. The average molecular weight is 855 g/mol. The van der Waals surface area contributed by atoms with Crippen molar-refractivity contribution in [3.05, 3.63) is 29.8 Å². The van der Waals surface area contributed by atoms with Crippen LogP contribution in [-0.4, -0.2) is 184 Å². The molecule has 0 aliphatic carbocycles. The zero-order chi connectivity index (χ0) is 36.0. The van der Waals surface area contributed by atoms with Crippen LogP contribution in [0.3, 0.4) is 0 Å². The minimum Gasteiger partial charge on any atom is -0.549 e. The molecule has 2 rings (SSSR count). The van der Waals surface area contributed by atoms with E-state index in [0.717, 1.165) is 0 Å². The molecule has 1 aromatic rings. The molecule has 0 saturated carbocycles. The van der Waals surface area contributed by atoms with Crippen molar-refractivity contribution >= 4 is 23.9 Å². The third kappa shape index (κ3) is 18.9. The predicted octanol–water partition coefficient (Wildman–Crippen LogP) is -5.04. The van der Waals surface area contributed by atoms with Gasteiger partial charge in [-0.05, 0) is 31.0 Å². The molecule has 2 N–H and O–H groups in total. The number of ether oxygens (including phenoxy) is 4. The average Bonchev–Trinajstić information content (AvgIpc) is 3.04. The third-order valence-electron chi connectivity index (χ3n) is 7.93. The van der Waals surface area contributed by atoms with Crippen molar-refractivity contribution in [2.75, 3.05) is 118 Å². The number of carbonyl (C=O) groups is 4. The van der Waals surface area contributed by atoms with Crippen LogP contribution >= 0.6 is 0 Å². The minimum absolute atomic E-state index is 0. The van der Waals surface area contributed by atoms with E-state index in [1.165, 1.54) is 14.7 Å². The quantitative estimate of drug-likeness (QED) is 0.104. The number of carboxylic acid groups (broad SMARTS) is 4. The first-order valence-corrected chi connectivity index (χ1v) is 16.4. The van der Waals surface area contributed by atoms with Crippen molar-refractivity contribution in [2.24, 2.45) is 0 Å². The Labute approximate surface area is 324 Å². The molecule has 1 heterocycles. The summed E-state index contributed by atoms with van der Waals surface area (Å²) in [6.07, 6.45) is 0.0978. The number of rotatable bonds is 22. The number of carbonyl (C=O) groups excluding carboxylic acids is 3. The Morgan fingerprint density at radius 3 is 1.54 bits per heavy atom. The molecule has 2 unspecified atom stereocenters. The molecule has 0 bridgehead atoms.